The van der Waals surface area contributed by atoms with Crippen LogP contribution in [0.15, 0.2) is 12.1 Å². The van der Waals surface area contributed by atoms with Gasteiger partial charge in [0.1, 0.15) is 0 Å². The molecule has 0 bridgehead atoms. The second-order valence-electron chi connectivity index (χ2n) is 5.32. The van der Waals surface area contributed by atoms with Gasteiger partial charge in [-0.3, -0.25) is 0 Å². The van der Waals surface area contributed by atoms with Crippen LogP contribution in [0.25, 0.3) is 0 Å². The predicted octanol–water partition coefficient (Wildman–Crippen LogP) is 4.72. The van der Waals surface area contributed by atoms with E-state index in [0.29, 0.717) is 12.1 Å². The second kappa shape index (κ2) is 6.67. The summed E-state index contributed by atoms with van der Waals surface area (Å²) in [5.41, 5.74) is 5.22. The summed E-state index contributed by atoms with van der Waals surface area (Å²) >= 11 is 0. The molecule has 0 aliphatic rings. The molecule has 0 heterocycles. The van der Waals surface area contributed by atoms with Crippen molar-refractivity contribution < 1.29 is 0 Å². The molecule has 1 aromatic rings. The number of benzene rings is 1. The maximum atomic E-state index is 3.57. The van der Waals surface area contributed by atoms with Crippen LogP contribution in [0, 0.1) is 13.8 Å². The fraction of sp³-hybridized carbons (Fsp3) is 0.625. The van der Waals surface area contributed by atoms with E-state index in [9.17, 15) is 0 Å². The lowest BCUT2D eigenvalue weighted by Gasteiger charge is -2.21. The van der Waals surface area contributed by atoms with Crippen molar-refractivity contribution in [2.24, 2.45) is 0 Å². The summed E-state index contributed by atoms with van der Waals surface area (Å²) in [6.45, 7) is 13.3. The van der Waals surface area contributed by atoms with Crippen LogP contribution in [-0.2, 0) is 0 Å². The molecule has 0 fully saturated rings. The van der Waals surface area contributed by atoms with E-state index in [1.165, 1.54) is 22.5 Å². The number of rotatable bonds is 6. The molecule has 102 valence electrons. The molecular formula is C16H28N2. The fourth-order valence-electron chi connectivity index (χ4n) is 1.87. The molecule has 0 aliphatic heterocycles. The lowest BCUT2D eigenvalue weighted by Crippen LogP contribution is -2.17. The van der Waals surface area contributed by atoms with E-state index in [0.717, 1.165) is 12.8 Å². The van der Waals surface area contributed by atoms with Gasteiger partial charge >= 0.3 is 0 Å². The van der Waals surface area contributed by atoms with Crippen molar-refractivity contribution in [3.05, 3.63) is 23.3 Å². The van der Waals surface area contributed by atoms with Gasteiger partial charge in [0.25, 0.3) is 0 Å². The molecule has 0 radical (unpaired) electrons. The standard InChI is InChI=1S/C16H28N2/c1-7-11(3)17-15-9-10-16(14(6)13(15)5)18-12(4)8-2/h9-12,17-18H,7-8H2,1-6H3. The molecule has 0 aromatic heterocycles. The first kappa shape index (κ1) is 14.9. The molecule has 2 atom stereocenters. The molecule has 2 N–H and O–H groups in total. The average Bonchev–Trinajstić information content (AvgIpc) is 2.37. The zero-order valence-corrected chi connectivity index (χ0v) is 12.7. The summed E-state index contributed by atoms with van der Waals surface area (Å²) in [7, 11) is 0. The van der Waals surface area contributed by atoms with Crippen LogP contribution in [0.4, 0.5) is 11.4 Å². The summed E-state index contributed by atoms with van der Waals surface area (Å²) in [6, 6.07) is 5.44. The average molecular weight is 248 g/mol. The lowest BCUT2D eigenvalue weighted by molar-refractivity contribution is 0.759. The molecule has 2 unspecified atom stereocenters. The first-order valence-electron chi connectivity index (χ1n) is 7.12. The molecule has 1 aromatic carbocycles. The van der Waals surface area contributed by atoms with Gasteiger partial charge < -0.3 is 10.6 Å². The molecule has 0 saturated carbocycles. The van der Waals surface area contributed by atoms with Gasteiger partial charge in [-0.1, -0.05) is 13.8 Å². The SMILES string of the molecule is CCC(C)Nc1ccc(NC(C)CC)c(C)c1C. The summed E-state index contributed by atoms with van der Waals surface area (Å²) in [4.78, 5) is 0. The molecule has 0 spiro atoms. The number of hydrogen-bond donors (Lipinski definition) is 2. The Morgan fingerprint density at radius 2 is 1.17 bits per heavy atom. The van der Waals surface area contributed by atoms with Gasteiger partial charge in [-0.25, -0.2) is 0 Å². The highest BCUT2D eigenvalue weighted by Crippen LogP contribution is 2.27. The molecule has 0 saturated heterocycles. The molecule has 2 nitrogen and oxygen atoms in total. The minimum absolute atomic E-state index is 0.525. The van der Waals surface area contributed by atoms with Crippen LogP contribution < -0.4 is 10.6 Å². The molecule has 0 amide bonds. The van der Waals surface area contributed by atoms with Crippen LogP contribution in [0.3, 0.4) is 0 Å². The van der Waals surface area contributed by atoms with Crippen molar-refractivity contribution >= 4 is 11.4 Å². The summed E-state index contributed by atoms with van der Waals surface area (Å²) in [6.07, 6.45) is 2.29. The first-order valence-corrected chi connectivity index (χ1v) is 7.12. The smallest absolute Gasteiger partial charge is 0.0376 e. The number of nitrogens with one attached hydrogen (secondary N) is 2. The number of hydrogen-bond acceptors (Lipinski definition) is 2. The Hall–Kier alpha value is -1.18. The van der Waals surface area contributed by atoms with Crippen molar-refractivity contribution in [2.75, 3.05) is 10.6 Å². The molecule has 1 rings (SSSR count). The van der Waals surface area contributed by atoms with E-state index in [4.69, 9.17) is 0 Å². The Labute approximate surface area is 112 Å². The minimum Gasteiger partial charge on any atom is -0.382 e. The van der Waals surface area contributed by atoms with Gasteiger partial charge in [-0.2, -0.15) is 0 Å². The van der Waals surface area contributed by atoms with Gasteiger partial charge in [-0.05, 0) is 63.8 Å². The highest BCUT2D eigenvalue weighted by atomic mass is 14.9. The van der Waals surface area contributed by atoms with Crippen molar-refractivity contribution in [1.29, 1.82) is 0 Å². The quantitative estimate of drug-likeness (QED) is 0.761. The Bertz CT molecular complexity index is 348. The highest BCUT2D eigenvalue weighted by molar-refractivity contribution is 5.65. The third-order valence-electron chi connectivity index (χ3n) is 3.82. The Balaban J connectivity index is 2.90. The second-order valence-corrected chi connectivity index (χ2v) is 5.32. The highest BCUT2D eigenvalue weighted by Gasteiger charge is 2.09. The van der Waals surface area contributed by atoms with Crippen molar-refractivity contribution in [2.45, 2.75) is 66.5 Å². The number of anilines is 2. The van der Waals surface area contributed by atoms with Crippen LogP contribution >= 0.6 is 0 Å². The van der Waals surface area contributed by atoms with E-state index in [1.807, 2.05) is 0 Å². The predicted molar refractivity (Wildman–Crippen MR) is 82.7 cm³/mol. The molecule has 0 aliphatic carbocycles. The van der Waals surface area contributed by atoms with Crippen molar-refractivity contribution in [1.82, 2.24) is 0 Å². The van der Waals surface area contributed by atoms with Gasteiger partial charge in [0.05, 0.1) is 0 Å². The fourth-order valence-corrected chi connectivity index (χ4v) is 1.87. The maximum Gasteiger partial charge on any atom is 0.0376 e. The molecular weight excluding hydrogens is 220 g/mol. The monoisotopic (exact) mass is 248 g/mol. The Morgan fingerprint density at radius 3 is 1.44 bits per heavy atom. The first-order chi connectivity index (χ1) is 8.49. The van der Waals surface area contributed by atoms with Crippen LogP contribution in [0.5, 0.6) is 0 Å². The molecule has 2 heteroatoms. The zero-order valence-electron chi connectivity index (χ0n) is 12.7. The topological polar surface area (TPSA) is 24.1 Å². The van der Waals surface area contributed by atoms with Crippen LogP contribution in [0.2, 0.25) is 0 Å². The van der Waals surface area contributed by atoms with E-state index in [1.54, 1.807) is 0 Å². The van der Waals surface area contributed by atoms with Crippen LogP contribution in [-0.4, -0.2) is 12.1 Å². The van der Waals surface area contributed by atoms with E-state index < -0.39 is 0 Å². The van der Waals surface area contributed by atoms with Crippen molar-refractivity contribution in [3.63, 3.8) is 0 Å². The largest absolute Gasteiger partial charge is 0.382 e. The summed E-state index contributed by atoms with van der Waals surface area (Å²) in [5, 5.41) is 7.13. The van der Waals surface area contributed by atoms with Crippen molar-refractivity contribution in [3.8, 4) is 0 Å². The molecule has 18 heavy (non-hydrogen) atoms. The third-order valence-corrected chi connectivity index (χ3v) is 3.82. The lowest BCUT2D eigenvalue weighted by atomic mass is 10.0. The maximum absolute atomic E-state index is 3.57. The van der Waals surface area contributed by atoms with Gasteiger partial charge in [-0.15, -0.1) is 0 Å². The zero-order chi connectivity index (χ0) is 13.7. The van der Waals surface area contributed by atoms with Crippen LogP contribution in [0.1, 0.15) is 51.7 Å². The van der Waals surface area contributed by atoms with Gasteiger partial charge in [0, 0.05) is 23.5 Å². The van der Waals surface area contributed by atoms with Gasteiger partial charge in [0.2, 0.25) is 0 Å². The Kier molecular flexibility index (Phi) is 5.52. The van der Waals surface area contributed by atoms with E-state index >= 15 is 0 Å². The van der Waals surface area contributed by atoms with Gasteiger partial charge in [0.15, 0.2) is 0 Å². The van der Waals surface area contributed by atoms with E-state index in [2.05, 4.69) is 64.3 Å². The Morgan fingerprint density at radius 1 is 0.833 bits per heavy atom. The normalized spacial score (nSPS) is 14.1. The summed E-state index contributed by atoms with van der Waals surface area (Å²) < 4.78 is 0. The van der Waals surface area contributed by atoms with E-state index in [-0.39, 0.29) is 0 Å². The summed E-state index contributed by atoms with van der Waals surface area (Å²) in [5.74, 6) is 0. The third kappa shape index (κ3) is 3.66. The minimum atomic E-state index is 0.525.